The van der Waals surface area contributed by atoms with Crippen molar-refractivity contribution in [3.63, 3.8) is 0 Å². The van der Waals surface area contributed by atoms with Crippen molar-refractivity contribution in [2.24, 2.45) is 7.05 Å². The number of hydrogen-bond acceptors (Lipinski definition) is 6. The Balaban J connectivity index is 1.26. The van der Waals surface area contributed by atoms with E-state index in [1.54, 1.807) is 10.9 Å². The van der Waals surface area contributed by atoms with Gasteiger partial charge in [0.25, 0.3) is 0 Å². The summed E-state index contributed by atoms with van der Waals surface area (Å²) < 4.78 is 39.3. The van der Waals surface area contributed by atoms with Gasteiger partial charge in [0, 0.05) is 38.3 Å². The Labute approximate surface area is 189 Å². The smallest absolute Gasteiger partial charge is 0.238 e. The molecule has 9 nitrogen and oxygen atoms in total. The van der Waals surface area contributed by atoms with Crippen LogP contribution in [-0.2, 0) is 23.0 Å². The zero-order valence-electron chi connectivity index (χ0n) is 18.5. The number of halogens is 2. The predicted molar refractivity (Wildman–Crippen MR) is 116 cm³/mol. The van der Waals surface area contributed by atoms with Gasteiger partial charge in [-0.15, -0.1) is 0 Å². The Morgan fingerprint density at radius 1 is 1.33 bits per heavy atom. The van der Waals surface area contributed by atoms with Gasteiger partial charge in [0.1, 0.15) is 11.9 Å². The molecule has 1 fully saturated rings. The molecule has 3 aromatic rings. The maximum absolute atomic E-state index is 13.3. The highest BCUT2D eigenvalue weighted by molar-refractivity contribution is 5.92. The topological polar surface area (TPSA) is 97.3 Å². The van der Waals surface area contributed by atoms with E-state index >= 15 is 0 Å². The third kappa shape index (κ3) is 5.74. The van der Waals surface area contributed by atoms with E-state index in [1.807, 2.05) is 24.9 Å². The summed E-state index contributed by atoms with van der Waals surface area (Å²) in [5.41, 5.74) is 3.17. The van der Waals surface area contributed by atoms with Crippen LogP contribution in [0.3, 0.4) is 0 Å². The molecule has 4 rings (SSSR count). The highest BCUT2D eigenvalue weighted by Gasteiger charge is 2.25. The van der Waals surface area contributed by atoms with E-state index in [0.29, 0.717) is 31.8 Å². The molecule has 1 amide bonds. The molecule has 1 aliphatic heterocycles. The van der Waals surface area contributed by atoms with Gasteiger partial charge >= 0.3 is 0 Å². The van der Waals surface area contributed by atoms with Gasteiger partial charge in [-0.2, -0.15) is 10.2 Å². The molecule has 33 heavy (non-hydrogen) atoms. The molecule has 1 atom stereocenters. The van der Waals surface area contributed by atoms with Gasteiger partial charge in [0.05, 0.1) is 43.0 Å². The van der Waals surface area contributed by atoms with Crippen molar-refractivity contribution in [1.82, 2.24) is 24.9 Å². The van der Waals surface area contributed by atoms with Crippen LogP contribution in [0.25, 0.3) is 0 Å². The molecular formula is C22H26F2N6O3. The number of H-pyrrole nitrogens is 1. The monoisotopic (exact) mass is 460 g/mol. The van der Waals surface area contributed by atoms with Gasteiger partial charge in [-0.3, -0.25) is 19.5 Å². The number of nitrogens with zero attached hydrogens (tertiary/aromatic N) is 4. The van der Waals surface area contributed by atoms with Gasteiger partial charge < -0.3 is 14.8 Å². The average Bonchev–Trinajstić information content (AvgIpc) is 3.39. The second-order valence-corrected chi connectivity index (χ2v) is 7.90. The number of aromatic nitrogens is 4. The number of benzene rings is 1. The summed E-state index contributed by atoms with van der Waals surface area (Å²) in [6.07, 6.45) is 1.88. The molecule has 0 aliphatic carbocycles. The lowest BCUT2D eigenvalue weighted by molar-refractivity contribution is -0.119. The maximum Gasteiger partial charge on any atom is 0.238 e. The van der Waals surface area contributed by atoms with Crippen LogP contribution in [0.15, 0.2) is 30.5 Å². The summed E-state index contributed by atoms with van der Waals surface area (Å²) in [4.78, 5) is 14.5. The molecule has 176 valence electrons. The number of aromatic amines is 1. The Morgan fingerprint density at radius 3 is 2.94 bits per heavy atom. The molecule has 2 N–H and O–H groups in total. The highest BCUT2D eigenvalue weighted by Crippen LogP contribution is 2.22. The molecular weight excluding hydrogens is 434 g/mol. The van der Waals surface area contributed by atoms with Crippen LogP contribution in [-0.4, -0.2) is 63.6 Å². The lowest BCUT2D eigenvalue weighted by atomic mass is 10.2. The first kappa shape index (κ1) is 22.9. The van der Waals surface area contributed by atoms with Crippen molar-refractivity contribution >= 4 is 11.6 Å². The first-order valence-electron chi connectivity index (χ1n) is 10.6. The third-order valence-electron chi connectivity index (χ3n) is 5.54. The number of ether oxygens (including phenoxy) is 2. The molecule has 3 heterocycles. The zero-order chi connectivity index (χ0) is 23.4. The largest absolute Gasteiger partial charge is 0.493 e. The fourth-order valence-electron chi connectivity index (χ4n) is 3.56. The van der Waals surface area contributed by atoms with Crippen molar-refractivity contribution in [2.75, 3.05) is 38.2 Å². The second kappa shape index (κ2) is 10.1. The Hall–Kier alpha value is -3.31. The van der Waals surface area contributed by atoms with E-state index in [4.69, 9.17) is 9.47 Å². The van der Waals surface area contributed by atoms with E-state index in [-0.39, 0.29) is 30.9 Å². The van der Waals surface area contributed by atoms with Crippen molar-refractivity contribution < 1.29 is 23.0 Å². The number of amides is 1. The minimum absolute atomic E-state index is 0.108. The lowest BCUT2D eigenvalue weighted by Crippen LogP contribution is -2.42. The van der Waals surface area contributed by atoms with E-state index in [2.05, 4.69) is 20.6 Å². The Kier molecular flexibility index (Phi) is 6.99. The summed E-state index contributed by atoms with van der Waals surface area (Å²) >= 11 is 0. The molecule has 0 bridgehead atoms. The van der Waals surface area contributed by atoms with Crippen LogP contribution in [0.4, 0.5) is 14.5 Å². The number of rotatable bonds is 8. The average molecular weight is 460 g/mol. The van der Waals surface area contributed by atoms with Crippen LogP contribution < -0.4 is 10.1 Å². The first-order chi connectivity index (χ1) is 15.9. The first-order valence-corrected chi connectivity index (χ1v) is 10.6. The summed E-state index contributed by atoms with van der Waals surface area (Å²) in [7, 11) is 1.82. The van der Waals surface area contributed by atoms with Gasteiger partial charge in [0.15, 0.2) is 11.6 Å². The van der Waals surface area contributed by atoms with Crippen LogP contribution in [0.2, 0.25) is 0 Å². The molecule has 0 radical (unpaired) electrons. The highest BCUT2D eigenvalue weighted by atomic mass is 19.2. The molecule has 0 unspecified atom stereocenters. The summed E-state index contributed by atoms with van der Waals surface area (Å²) in [6.45, 7) is 4.09. The molecule has 11 heteroatoms. The molecule has 0 spiro atoms. The van der Waals surface area contributed by atoms with E-state index in [1.165, 1.54) is 6.07 Å². The fourth-order valence-corrected chi connectivity index (χ4v) is 3.56. The third-order valence-corrected chi connectivity index (χ3v) is 5.54. The number of carbonyl (C=O) groups excluding carboxylic acids is 1. The Bertz CT molecular complexity index is 1120. The SMILES string of the molecule is Cc1c(NC(=O)CN2CCO[C@@H](c3cc(CCOc4ccc(F)c(F)c4)[nH]n3)C2)cnn1C. The summed E-state index contributed by atoms with van der Waals surface area (Å²) in [6, 6.07) is 5.32. The van der Waals surface area contributed by atoms with Crippen LogP contribution in [0.1, 0.15) is 23.2 Å². The van der Waals surface area contributed by atoms with Crippen LogP contribution >= 0.6 is 0 Å². The van der Waals surface area contributed by atoms with Gasteiger partial charge in [-0.1, -0.05) is 0 Å². The summed E-state index contributed by atoms with van der Waals surface area (Å²) in [5.74, 6) is -1.70. The van der Waals surface area contributed by atoms with Crippen molar-refractivity contribution in [2.45, 2.75) is 19.4 Å². The maximum atomic E-state index is 13.3. The molecule has 1 aliphatic rings. The lowest BCUT2D eigenvalue weighted by Gasteiger charge is -2.31. The van der Waals surface area contributed by atoms with Gasteiger partial charge in [-0.25, -0.2) is 8.78 Å². The molecule has 2 aromatic heterocycles. The molecule has 1 aromatic carbocycles. The second-order valence-electron chi connectivity index (χ2n) is 7.90. The van der Waals surface area contributed by atoms with E-state index < -0.39 is 11.6 Å². The van der Waals surface area contributed by atoms with Crippen molar-refractivity contribution in [3.8, 4) is 5.75 Å². The van der Waals surface area contributed by atoms with Crippen LogP contribution in [0, 0.1) is 18.6 Å². The fraction of sp³-hybridized carbons (Fsp3) is 0.409. The zero-order valence-corrected chi connectivity index (χ0v) is 18.5. The number of anilines is 1. The minimum Gasteiger partial charge on any atom is -0.493 e. The number of morpholine rings is 1. The Morgan fingerprint density at radius 2 is 2.18 bits per heavy atom. The number of nitrogens with one attached hydrogen (secondary N) is 2. The molecule has 1 saturated heterocycles. The van der Waals surface area contributed by atoms with E-state index in [0.717, 1.165) is 29.2 Å². The normalized spacial score (nSPS) is 16.7. The minimum atomic E-state index is -0.945. The number of carbonyl (C=O) groups is 1. The summed E-state index contributed by atoms with van der Waals surface area (Å²) in [5, 5.41) is 14.3. The quantitative estimate of drug-likeness (QED) is 0.536. The predicted octanol–water partition coefficient (Wildman–Crippen LogP) is 2.36. The van der Waals surface area contributed by atoms with Crippen LogP contribution in [0.5, 0.6) is 5.75 Å². The van der Waals surface area contributed by atoms with Crippen molar-refractivity contribution in [1.29, 1.82) is 0 Å². The van der Waals surface area contributed by atoms with Gasteiger partial charge in [0.2, 0.25) is 5.91 Å². The molecule has 0 saturated carbocycles. The number of aryl methyl sites for hydroxylation is 1. The van der Waals surface area contributed by atoms with Gasteiger partial charge in [-0.05, 0) is 25.1 Å². The van der Waals surface area contributed by atoms with E-state index in [9.17, 15) is 13.6 Å². The number of hydrogen-bond donors (Lipinski definition) is 2. The standard InChI is InChI=1S/C22H26F2N6O3/c1-14-20(11-25-29(14)2)26-22(31)13-30-6-8-33-21(12-30)19-9-15(27-28-19)5-7-32-16-3-4-17(23)18(24)10-16/h3-4,9-11,21H,5-8,12-13H2,1-2H3,(H,26,31)(H,27,28)/t21-/m1/s1. The van der Waals surface area contributed by atoms with Crippen molar-refractivity contribution in [3.05, 3.63) is 59.2 Å².